The largest absolute Gasteiger partial charge is 0.399 e. The van der Waals surface area contributed by atoms with Gasteiger partial charge in [-0.2, -0.15) is 0 Å². The van der Waals surface area contributed by atoms with E-state index < -0.39 is 0 Å². The number of rotatable bonds is 11. The van der Waals surface area contributed by atoms with Crippen LogP contribution < -0.4 is 5.73 Å². The predicted octanol–water partition coefficient (Wildman–Crippen LogP) is 7.10. The van der Waals surface area contributed by atoms with Crippen LogP contribution in [0.4, 0.5) is 5.69 Å². The molecule has 2 rings (SSSR count). The minimum absolute atomic E-state index is 0.705. The van der Waals surface area contributed by atoms with Crippen molar-refractivity contribution in [2.45, 2.75) is 77.6 Å². The average molecular weight is 338 g/mol. The quantitative estimate of drug-likeness (QED) is 0.343. The van der Waals surface area contributed by atoms with Gasteiger partial charge < -0.3 is 5.73 Å². The first kappa shape index (κ1) is 19.6. The van der Waals surface area contributed by atoms with Gasteiger partial charge in [0, 0.05) is 5.69 Å². The molecule has 0 aliphatic rings. The molecule has 0 fully saturated rings. The molecule has 25 heavy (non-hydrogen) atoms. The van der Waals surface area contributed by atoms with Gasteiger partial charge in [0.25, 0.3) is 0 Å². The minimum Gasteiger partial charge on any atom is -0.399 e. The monoisotopic (exact) mass is 337 g/mol. The Morgan fingerprint density at radius 2 is 1.48 bits per heavy atom. The molecule has 0 radical (unpaired) electrons. The molecule has 1 nitrogen and oxygen atoms in total. The van der Waals surface area contributed by atoms with Crippen LogP contribution in [0.15, 0.2) is 48.5 Å². The first-order chi connectivity index (χ1) is 12.2. The molecule has 0 aliphatic heterocycles. The molecular formula is C24H35N. The SMILES string of the molecule is CCCCCCCC(CCC)c1ccccc1Cc1ccc(N)cc1. The molecule has 1 atom stereocenters. The second-order valence-corrected chi connectivity index (χ2v) is 7.31. The Hall–Kier alpha value is -1.76. The van der Waals surface area contributed by atoms with E-state index in [0.29, 0.717) is 5.92 Å². The number of unbranched alkanes of at least 4 members (excludes halogenated alkanes) is 4. The fourth-order valence-electron chi connectivity index (χ4n) is 3.75. The van der Waals surface area contributed by atoms with Crippen molar-refractivity contribution < 1.29 is 0 Å². The highest BCUT2D eigenvalue weighted by molar-refractivity contribution is 5.42. The summed E-state index contributed by atoms with van der Waals surface area (Å²) in [6.45, 7) is 4.60. The van der Waals surface area contributed by atoms with E-state index in [0.717, 1.165) is 12.1 Å². The van der Waals surface area contributed by atoms with E-state index >= 15 is 0 Å². The molecule has 0 saturated carbocycles. The Labute approximate surface area is 154 Å². The Kier molecular flexibility index (Phi) is 8.59. The smallest absolute Gasteiger partial charge is 0.0314 e. The van der Waals surface area contributed by atoms with Gasteiger partial charge in [0.05, 0.1) is 0 Å². The molecule has 0 saturated heterocycles. The van der Waals surface area contributed by atoms with Crippen LogP contribution in [0.2, 0.25) is 0 Å². The zero-order valence-electron chi connectivity index (χ0n) is 16.1. The number of benzene rings is 2. The minimum atomic E-state index is 0.705. The summed E-state index contributed by atoms with van der Waals surface area (Å²) >= 11 is 0. The Bertz CT molecular complexity index is 600. The summed E-state index contributed by atoms with van der Waals surface area (Å²) in [6, 6.07) is 17.4. The van der Waals surface area contributed by atoms with Gasteiger partial charge in [0.15, 0.2) is 0 Å². The normalized spacial score (nSPS) is 12.2. The lowest BCUT2D eigenvalue weighted by atomic mass is 9.85. The summed E-state index contributed by atoms with van der Waals surface area (Å²) in [5.41, 5.74) is 11.1. The third kappa shape index (κ3) is 6.57. The Balaban J connectivity index is 2.07. The highest BCUT2D eigenvalue weighted by atomic mass is 14.5. The van der Waals surface area contributed by atoms with Crippen LogP contribution in [0, 0.1) is 0 Å². The topological polar surface area (TPSA) is 26.0 Å². The summed E-state index contributed by atoms with van der Waals surface area (Å²) in [4.78, 5) is 0. The highest BCUT2D eigenvalue weighted by Crippen LogP contribution is 2.31. The fourth-order valence-corrected chi connectivity index (χ4v) is 3.75. The number of anilines is 1. The van der Waals surface area contributed by atoms with E-state index in [1.807, 2.05) is 12.1 Å². The van der Waals surface area contributed by atoms with Gasteiger partial charge in [0.1, 0.15) is 0 Å². The van der Waals surface area contributed by atoms with Crippen molar-refractivity contribution in [3.8, 4) is 0 Å². The molecule has 2 N–H and O–H groups in total. The maximum atomic E-state index is 5.83. The standard InChI is InChI=1S/C24H35N/c1-3-5-6-7-8-12-21(11-4-2)24-14-10-9-13-22(24)19-20-15-17-23(25)18-16-20/h9-10,13-18,21H,3-8,11-12,19,25H2,1-2H3. The van der Waals surface area contributed by atoms with Crippen molar-refractivity contribution >= 4 is 5.69 Å². The number of nitrogen functional groups attached to an aromatic ring is 1. The van der Waals surface area contributed by atoms with E-state index in [-0.39, 0.29) is 0 Å². The Morgan fingerprint density at radius 1 is 0.760 bits per heavy atom. The first-order valence-electron chi connectivity index (χ1n) is 10.2. The molecule has 0 bridgehead atoms. The summed E-state index contributed by atoms with van der Waals surface area (Å²) in [6.07, 6.45) is 11.7. The lowest BCUT2D eigenvalue weighted by Crippen LogP contribution is -2.04. The van der Waals surface area contributed by atoms with Crippen molar-refractivity contribution in [3.63, 3.8) is 0 Å². The summed E-state index contributed by atoms with van der Waals surface area (Å²) in [7, 11) is 0. The van der Waals surface area contributed by atoms with Gasteiger partial charge in [-0.3, -0.25) is 0 Å². The maximum absolute atomic E-state index is 5.83. The summed E-state index contributed by atoms with van der Waals surface area (Å²) < 4.78 is 0. The third-order valence-electron chi connectivity index (χ3n) is 5.16. The zero-order chi connectivity index (χ0) is 17.9. The van der Waals surface area contributed by atoms with Gasteiger partial charge in [0.2, 0.25) is 0 Å². The van der Waals surface area contributed by atoms with Gasteiger partial charge in [-0.25, -0.2) is 0 Å². The van der Waals surface area contributed by atoms with Crippen LogP contribution in [0.3, 0.4) is 0 Å². The maximum Gasteiger partial charge on any atom is 0.0314 e. The summed E-state index contributed by atoms with van der Waals surface area (Å²) in [5.74, 6) is 0.705. The lowest BCUT2D eigenvalue weighted by molar-refractivity contribution is 0.514. The second-order valence-electron chi connectivity index (χ2n) is 7.31. The molecular weight excluding hydrogens is 302 g/mol. The molecule has 1 unspecified atom stereocenters. The van der Waals surface area contributed by atoms with E-state index in [1.165, 1.54) is 62.5 Å². The van der Waals surface area contributed by atoms with Gasteiger partial charge >= 0.3 is 0 Å². The van der Waals surface area contributed by atoms with Crippen LogP contribution >= 0.6 is 0 Å². The number of hydrogen-bond acceptors (Lipinski definition) is 1. The van der Waals surface area contributed by atoms with Crippen molar-refractivity contribution in [2.75, 3.05) is 5.73 Å². The van der Waals surface area contributed by atoms with Crippen LogP contribution in [0.1, 0.15) is 87.8 Å². The number of nitrogens with two attached hydrogens (primary N) is 1. The van der Waals surface area contributed by atoms with Gasteiger partial charge in [-0.1, -0.05) is 88.8 Å². The molecule has 0 aromatic heterocycles. The fraction of sp³-hybridized carbons (Fsp3) is 0.500. The molecule has 2 aromatic carbocycles. The van der Waals surface area contributed by atoms with E-state index in [9.17, 15) is 0 Å². The average Bonchev–Trinajstić information content (AvgIpc) is 2.63. The van der Waals surface area contributed by atoms with Crippen molar-refractivity contribution in [1.29, 1.82) is 0 Å². The first-order valence-corrected chi connectivity index (χ1v) is 10.2. The van der Waals surface area contributed by atoms with Crippen molar-refractivity contribution in [3.05, 3.63) is 65.2 Å². The Morgan fingerprint density at radius 3 is 2.20 bits per heavy atom. The van der Waals surface area contributed by atoms with Gasteiger partial charge in [-0.15, -0.1) is 0 Å². The molecule has 136 valence electrons. The number of hydrogen-bond donors (Lipinski definition) is 1. The molecule has 0 aliphatic carbocycles. The predicted molar refractivity (Wildman–Crippen MR) is 111 cm³/mol. The molecule has 0 heterocycles. The highest BCUT2D eigenvalue weighted by Gasteiger charge is 2.14. The van der Waals surface area contributed by atoms with E-state index in [1.54, 1.807) is 5.56 Å². The van der Waals surface area contributed by atoms with Crippen LogP contribution in [-0.4, -0.2) is 0 Å². The van der Waals surface area contributed by atoms with Crippen molar-refractivity contribution in [2.24, 2.45) is 0 Å². The van der Waals surface area contributed by atoms with Crippen LogP contribution in [0.25, 0.3) is 0 Å². The zero-order valence-corrected chi connectivity index (χ0v) is 16.1. The third-order valence-corrected chi connectivity index (χ3v) is 5.16. The molecule has 2 aromatic rings. The van der Waals surface area contributed by atoms with Gasteiger partial charge in [-0.05, 0) is 54.0 Å². The van der Waals surface area contributed by atoms with Crippen molar-refractivity contribution in [1.82, 2.24) is 0 Å². The lowest BCUT2D eigenvalue weighted by Gasteiger charge is -2.20. The summed E-state index contributed by atoms with van der Waals surface area (Å²) in [5, 5.41) is 0. The molecule has 0 amide bonds. The molecule has 0 spiro atoms. The second kappa shape index (κ2) is 11.0. The van der Waals surface area contributed by atoms with E-state index in [4.69, 9.17) is 5.73 Å². The molecule has 1 heteroatoms. The van der Waals surface area contributed by atoms with Crippen LogP contribution in [0.5, 0.6) is 0 Å². The van der Waals surface area contributed by atoms with Crippen LogP contribution in [-0.2, 0) is 6.42 Å². The van der Waals surface area contributed by atoms with E-state index in [2.05, 4.69) is 50.2 Å².